The second-order valence-electron chi connectivity index (χ2n) is 5.42. The summed E-state index contributed by atoms with van der Waals surface area (Å²) in [5.41, 5.74) is 4.50. The highest BCUT2D eigenvalue weighted by Crippen LogP contribution is 2.28. The summed E-state index contributed by atoms with van der Waals surface area (Å²) in [7, 11) is 1.73. The first-order chi connectivity index (χ1) is 9.81. The summed E-state index contributed by atoms with van der Waals surface area (Å²) >= 11 is 0. The van der Waals surface area contributed by atoms with Gasteiger partial charge in [0.25, 0.3) is 0 Å². The Kier molecular flexibility index (Phi) is 3.70. The number of rotatable bonds is 3. The lowest BCUT2D eigenvalue weighted by Crippen LogP contribution is -2.31. The molecule has 0 saturated heterocycles. The smallest absolute Gasteiger partial charge is 0.147 e. The molecule has 4 nitrogen and oxygen atoms in total. The van der Waals surface area contributed by atoms with Crippen LogP contribution >= 0.6 is 0 Å². The number of pyridine rings is 1. The molecule has 0 saturated carbocycles. The predicted molar refractivity (Wildman–Crippen MR) is 77.8 cm³/mol. The van der Waals surface area contributed by atoms with E-state index >= 15 is 0 Å². The summed E-state index contributed by atoms with van der Waals surface area (Å²) in [5.74, 6) is 0.862. The van der Waals surface area contributed by atoms with Crippen molar-refractivity contribution in [2.24, 2.45) is 0 Å². The zero-order chi connectivity index (χ0) is 13.9. The van der Waals surface area contributed by atoms with Gasteiger partial charge in [0, 0.05) is 25.9 Å². The van der Waals surface area contributed by atoms with Crippen LogP contribution in [0, 0.1) is 11.3 Å². The third-order valence-corrected chi connectivity index (χ3v) is 4.08. The minimum atomic E-state index is 0.705. The van der Waals surface area contributed by atoms with E-state index in [-0.39, 0.29) is 0 Å². The number of methoxy groups -OCH3 is 1. The number of aryl methyl sites for hydroxylation is 2. The van der Waals surface area contributed by atoms with Crippen LogP contribution in [0.4, 0.5) is 5.82 Å². The second-order valence-corrected chi connectivity index (χ2v) is 5.42. The standard InChI is InChI=1S/C16H19N3O/c1-20-11-12-5-7-19(8-6-12)16-14(10-17)9-13-3-2-4-15(13)18-16/h5,9H,2-4,6-8,11H2,1H3. The average Bonchev–Trinajstić information content (AvgIpc) is 2.94. The lowest BCUT2D eigenvalue weighted by Gasteiger charge is -2.28. The van der Waals surface area contributed by atoms with Crippen molar-refractivity contribution in [1.82, 2.24) is 4.98 Å². The maximum atomic E-state index is 9.36. The van der Waals surface area contributed by atoms with Crippen LogP contribution in [0.1, 0.15) is 29.7 Å². The zero-order valence-electron chi connectivity index (χ0n) is 11.9. The van der Waals surface area contributed by atoms with Gasteiger partial charge < -0.3 is 9.64 Å². The normalized spacial score (nSPS) is 17.6. The van der Waals surface area contributed by atoms with Gasteiger partial charge in [0.15, 0.2) is 0 Å². The van der Waals surface area contributed by atoms with E-state index in [1.54, 1.807) is 7.11 Å². The Balaban J connectivity index is 1.86. The highest BCUT2D eigenvalue weighted by Gasteiger charge is 2.21. The van der Waals surface area contributed by atoms with Gasteiger partial charge >= 0.3 is 0 Å². The number of hydrogen-bond donors (Lipinski definition) is 0. The van der Waals surface area contributed by atoms with Crippen LogP contribution < -0.4 is 4.90 Å². The molecule has 0 atom stereocenters. The fourth-order valence-corrected chi connectivity index (χ4v) is 3.00. The summed E-state index contributed by atoms with van der Waals surface area (Å²) < 4.78 is 5.17. The van der Waals surface area contributed by atoms with E-state index in [1.165, 1.54) is 16.8 Å². The summed E-state index contributed by atoms with van der Waals surface area (Å²) in [4.78, 5) is 6.97. The highest BCUT2D eigenvalue weighted by atomic mass is 16.5. The maximum absolute atomic E-state index is 9.36. The predicted octanol–water partition coefficient (Wildman–Crippen LogP) is 2.22. The fraction of sp³-hybridized carbons (Fsp3) is 0.500. The third-order valence-electron chi connectivity index (χ3n) is 4.08. The number of nitriles is 1. The molecule has 0 unspecified atom stereocenters. The summed E-state index contributed by atoms with van der Waals surface area (Å²) in [6, 6.07) is 4.35. The molecule has 0 amide bonds. The van der Waals surface area contributed by atoms with E-state index in [0.29, 0.717) is 12.2 Å². The summed E-state index contributed by atoms with van der Waals surface area (Å²) in [6.45, 7) is 2.44. The third kappa shape index (κ3) is 2.41. The van der Waals surface area contributed by atoms with Gasteiger partial charge in [-0.05, 0) is 42.9 Å². The molecule has 2 aliphatic rings. The van der Waals surface area contributed by atoms with E-state index in [0.717, 1.165) is 44.6 Å². The Hall–Kier alpha value is -1.86. The molecule has 4 heteroatoms. The molecule has 0 N–H and O–H groups in total. The van der Waals surface area contributed by atoms with Gasteiger partial charge in [-0.25, -0.2) is 4.98 Å². The molecule has 1 aromatic heterocycles. The Labute approximate surface area is 119 Å². The number of anilines is 1. The minimum Gasteiger partial charge on any atom is -0.380 e. The molecule has 0 spiro atoms. The molecule has 1 aromatic rings. The van der Waals surface area contributed by atoms with Crippen LogP contribution in [0.2, 0.25) is 0 Å². The van der Waals surface area contributed by atoms with Gasteiger partial charge in [-0.15, -0.1) is 0 Å². The van der Waals surface area contributed by atoms with Crippen LogP contribution in [-0.4, -0.2) is 31.8 Å². The van der Waals surface area contributed by atoms with Crippen molar-refractivity contribution >= 4 is 5.82 Å². The van der Waals surface area contributed by atoms with E-state index in [4.69, 9.17) is 9.72 Å². The van der Waals surface area contributed by atoms with Crippen molar-refractivity contribution in [2.75, 3.05) is 31.7 Å². The lowest BCUT2D eigenvalue weighted by molar-refractivity contribution is 0.222. The van der Waals surface area contributed by atoms with Crippen LogP contribution in [0.3, 0.4) is 0 Å². The van der Waals surface area contributed by atoms with Crippen molar-refractivity contribution < 1.29 is 4.74 Å². The van der Waals surface area contributed by atoms with Gasteiger partial charge in [-0.3, -0.25) is 0 Å². The number of aromatic nitrogens is 1. The van der Waals surface area contributed by atoms with Gasteiger partial charge in [-0.2, -0.15) is 5.26 Å². The summed E-state index contributed by atoms with van der Waals surface area (Å²) in [5, 5.41) is 9.36. The Morgan fingerprint density at radius 3 is 3.00 bits per heavy atom. The monoisotopic (exact) mass is 269 g/mol. The van der Waals surface area contributed by atoms with Crippen LogP contribution in [0.25, 0.3) is 0 Å². The number of ether oxygens (including phenoxy) is 1. The van der Waals surface area contributed by atoms with Crippen molar-refractivity contribution in [3.05, 3.63) is 34.5 Å². The van der Waals surface area contributed by atoms with Crippen LogP contribution in [0.15, 0.2) is 17.7 Å². The van der Waals surface area contributed by atoms with Crippen LogP contribution in [-0.2, 0) is 17.6 Å². The molecule has 0 fully saturated rings. The minimum absolute atomic E-state index is 0.705. The molecular weight excluding hydrogens is 250 g/mol. The van der Waals surface area contributed by atoms with E-state index in [1.807, 2.05) is 6.07 Å². The maximum Gasteiger partial charge on any atom is 0.147 e. The summed E-state index contributed by atoms with van der Waals surface area (Å²) in [6.07, 6.45) is 6.46. The molecule has 0 aromatic carbocycles. The molecule has 1 aliphatic heterocycles. The lowest BCUT2D eigenvalue weighted by atomic mass is 10.1. The topological polar surface area (TPSA) is 49.1 Å². The van der Waals surface area contributed by atoms with E-state index < -0.39 is 0 Å². The highest BCUT2D eigenvalue weighted by molar-refractivity contribution is 5.57. The Morgan fingerprint density at radius 2 is 2.30 bits per heavy atom. The van der Waals surface area contributed by atoms with Crippen molar-refractivity contribution in [3.8, 4) is 6.07 Å². The van der Waals surface area contributed by atoms with Crippen molar-refractivity contribution in [3.63, 3.8) is 0 Å². The van der Waals surface area contributed by atoms with Crippen molar-refractivity contribution in [2.45, 2.75) is 25.7 Å². The Bertz CT molecular complexity index is 586. The molecule has 20 heavy (non-hydrogen) atoms. The molecule has 104 valence electrons. The molecule has 3 rings (SSSR count). The van der Waals surface area contributed by atoms with Gasteiger partial charge in [0.1, 0.15) is 11.9 Å². The van der Waals surface area contributed by atoms with E-state index in [2.05, 4.69) is 17.0 Å². The van der Waals surface area contributed by atoms with E-state index in [9.17, 15) is 5.26 Å². The molecule has 2 heterocycles. The Morgan fingerprint density at radius 1 is 1.40 bits per heavy atom. The number of hydrogen-bond acceptors (Lipinski definition) is 4. The first-order valence-corrected chi connectivity index (χ1v) is 7.16. The number of fused-ring (bicyclic) bond motifs is 1. The molecule has 0 radical (unpaired) electrons. The van der Waals surface area contributed by atoms with Gasteiger partial charge in [0.2, 0.25) is 0 Å². The SMILES string of the molecule is COCC1=CCN(c2nc3c(cc2C#N)CCC3)CC1. The molecule has 1 aliphatic carbocycles. The first-order valence-electron chi connectivity index (χ1n) is 7.16. The zero-order valence-corrected chi connectivity index (χ0v) is 11.9. The molecule has 0 bridgehead atoms. The van der Waals surface area contributed by atoms with Crippen molar-refractivity contribution in [1.29, 1.82) is 5.26 Å². The molecular formula is C16H19N3O. The average molecular weight is 269 g/mol. The second kappa shape index (κ2) is 5.64. The van der Waals surface area contributed by atoms with Gasteiger partial charge in [0.05, 0.1) is 12.2 Å². The quantitative estimate of drug-likeness (QED) is 0.790. The fourth-order valence-electron chi connectivity index (χ4n) is 3.00. The largest absolute Gasteiger partial charge is 0.380 e. The van der Waals surface area contributed by atoms with Crippen LogP contribution in [0.5, 0.6) is 0 Å². The first kappa shape index (κ1) is 13.1. The number of nitrogens with zero attached hydrogens (tertiary/aromatic N) is 3. The van der Waals surface area contributed by atoms with Gasteiger partial charge in [-0.1, -0.05) is 6.08 Å².